The number of rotatable bonds is 5. The maximum absolute atomic E-state index is 5.24. The Bertz CT molecular complexity index is 617. The predicted octanol–water partition coefficient (Wildman–Crippen LogP) is 3.94. The second-order valence-electron chi connectivity index (χ2n) is 5.31. The van der Waals surface area contributed by atoms with Crippen LogP contribution in [0, 0.1) is 10.6 Å². The first-order valence-electron chi connectivity index (χ1n) is 6.79. The second kappa shape index (κ2) is 6.66. The van der Waals surface area contributed by atoms with Crippen molar-refractivity contribution in [3.8, 4) is 5.75 Å². The molecule has 0 aliphatic carbocycles. The zero-order valence-electron chi connectivity index (χ0n) is 12.1. The number of ether oxygens (including phenoxy) is 1. The standard InChI is InChI=1S/C16H20N2OS/c1-11(2)8-13-10-16(20)18-15(17-13)9-12-4-6-14(19-3)7-5-12/h4-7,10-11H,8-9H2,1-3H3,(H,17,18,20). The number of aromatic amines is 1. The van der Waals surface area contributed by atoms with Crippen LogP contribution in [0.1, 0.15) is 30.9 Å². The van der Waals surface area contributed by atoms with E-state index in [1.807, 2.05) is 30.3 Å². The average molecular weight is 288 g/mol. The van der Waals surface area contributed by atoms with E-state index in [1.165, 1.54) is 5.56 Å². The average Bonchev–Trinajstić information content (AvgIpc) is 2.38. The van der Waals surface area contributed by atoms with Gasteiger partial charge >= 0.3 is 0 Å². The third-order valence-corrected chi connectivity index (χ3v) is 3.22. The van der Waals surface area contributed by atoms with Gasteiger partial charge in [0, 0.05) is 12.1 Å². The highest BCUT2D eigenvalue weighted by Crippen LogP contribution is 2.14. The van der Waals surface area contributed by atoms with E-state index < -0.39 is 0 Å². The van der Waals surface area contributed by atoms with Gasteiger partial charge in [0.1, 0.15) is 16.2 Å². The number of benzene rings is 1. The van der Waals surface area contributed by atoms with Crippen LogP contribution in [-0.4, -0.2) is 17.1 Å². The first kappa shape index (κ1) is 14.7. The fraction of sp³-hybridized carbons (Fsp3) is 0.375. The van der Waals surface area contributed by atoms with Gasteiger partial charge in [-0.1, -0.05) is 38.2 Å². The third-order valence-electron chi connectivity index (χ3n) is 3.01. The van der Waals surface area contributed by atoms with Crippen molar-refractivity contribution in [3.63, 3.8) is 0 Å². The highest BCUT2D eigenvalue weighted by atomic mass is 32.1. The number of aromatic nitrogens is 2. The molecule has 0 unspecified atom stereocenters. The van der Waals surface area contributed by atoms with Gasteiger partial charge in [-0.15, -0.1) is 0 Å². The summed E-state index contributed by atoms with van der Waals surface area (Å²) < 4.78 is 5.82. The molecule has 106 valence electrons. The molecular weight excluding hydrogens is 268 g/mol. The minimum atomic E-state index is 0.594. The van der Waals surface area contributed by atoms with E-state index in [1.54, 1.807) is 7.11 Å². The van der Waals surface area contributed by atoms with Crippen LogP contribution in [0.5, 0.6) is 5.75 Å². The largest absolute Gasteiger partial charge is 0.497 e. The van der Waals surface area contributed by atoms with Crippen molar-refractivity contribution in [3.05, 3.63) is 52.1 Å². The summed E-state index contributed by atoms with van der Waals surface area (Å²) in [7, 11) is 1.67. The van der Waals surface area contributed by atoms with Crippen molar-refractivity contribution in [1.82, 2.24) is 9.97 Å². The van der Waals surface area contributed by atoms with Crippen LogP contribution in [0.3, 0.4) is 0 Å². The molecule has 0 aliphatic rings. The number of hydrogen-bond donors (Lipinski definition) is 1. The smallest absolute Gasteiger partial charge is 0.130 e. The molecule has 0 aliphatic heterocycles. The second-order valence-corrected chi connectivity index (χ2v) is 5.73. The summed E-state index contributed by atoms with van der Waals surface area (Å²) in [5.74, 6) is 2.37. The van der Waals surface area contributed by atoms with Crippen LogP contribution in [0.2, 0.25) is 0 Å². The SMILES string of the molecule is COc1ccc(Cc2nc(=S)cc(CC(C)C)[nH]2)cc1. The Morgan fingerprint density at radius 1 is 1.25 bits per heavy atom. The molecule has 0 atom stereocenters. The Hall–Kier alpha value is -1.68. The molecule has 0 radical (unpaired) electrons. The topological polar surface area (TPSA) is 37.9 Å². The van der Waals surface area contributed by atoms with Crippen LogP contribution in [0.4, 0.5) is 0 Å². The molecular formula is C16H20N2OS. The fourth-order valence-electron chi connectivity index (χ4n) is 2.13. The van der Waals surface area contributed by atoms with Crippen LogP contribution < -0.4 is 4.74 Å². The zero-order valence-corrected chi connectivity index (χ0v) is 13.0. The molecule has 2 aromatic rings. The quantitative estimate of drug-likeness (QED) is 0.847. The van der Waals surface area contributed by atoms with Gasteiger partial charge in [-0.05, 0) is 36.1 Å². The number of methoxy groups -OCH3 is 1. The van der Waals surface area contributed by atoms with Crippen molar-refractivity contribution >= 4 is 12.2 Å². The lowest BCUT2D eigenvalue weighted by atomic mass is 10.1. The lowest BCUT2D eigenvalue weighted by Crippen LogP contribution is -2.03. The molecule has 0 bridgehead atoms. The summed E-state index contributed by atoms with van der Waals surface area (Å²) in [5, 5.41) is 0. The Labute approximate surface area is 125 Å². The first-order valence-corrected chi connectivity index (χ1v) is 7.19. The Balaban J connectivity index is 2.19. The molecule has 20 heavy (non-hydrogen) atoms. The summed E-state index contributed by atoms with van der Waals surface area (Å²) in [6.07, 6.45) is 1.74. The highest BCUT2D eigenvalue weighted by molar-refractivity contribution is 7.71. The van der Waals surface area contributed by atoms with Crippen molar-refractivity contribution in [1.29, 1.82) is 0 Å². The Morgan fingerprint density at radius 3 is 2.55 bits per heavy atom. The van der Waals surface area contributed by atoms with Crippen LogP contribution in [-0.2, 0) is 12.8 Å². The van der Waals surface area contributed by atoms with E-state index >= 15 is 0 Å². The zero-order chi connectivity index (χ0) is 14.5. The van der Waals surface area contributed by atoms with E-state index in [0.29, 0.717) is 10.6 Å². The van der Waals surface area contributed by atoms with Crippen molar-refractivity contribution in [2.75, 3.05) is 7.11 Å². The Kier molecular flexibility index (Phi) is 4.90. The molecule has 0 saturated heterocycles. The molecule has 0 saturated carbocycles. The summed E-state index contributed by atoms with van der Waals surface area (Å²) >= 11 is 5.24. The maximum Gasteiger partial charge on any atom is 0.130 e. The van der Waals surface area contributed by atoms with Gasteiger partial charge in [0.05, 0.1) is 7.11 Å². The first-order chi connectivity index (χ1) is 9.56. The van der Waals surface area contributed by atoms with Crippen LogP contribution in [0.25, 0.3) is 0 Å². The van der Waals surface area contributed by atoms with E-state index in [0.717, 1.165) is 30.1 Å². The minimum absolute atomic E-state index is 0.594. The summed E-state index contributed by atoms with van der Waals surface area (Å²) in [5.41, 5.74) is 2.34. The van der Waals surface area contributed by atoms with Gasteiger partial charge in [-0.25, -0.2) is 4.98 Å². The highest BCUT2D eigenvalue weighted by Gasteiger charge is 2.03. The number of hydrogen-bond acceptors (Lipinski definition) is 3. The molecule has 1 N–H and O–H groups in total. The molecule has 2 rings (SSSR count). The minimum Gasteiger partial charge on any atom is -0.497 e. The van der Waals surface area contributed by atoms with Gasteiger partial charge in [-0.3, -0.25) is 0 Å². The molecule has 0 fully saturated rings. The van der Waals surface area contributed by atoms with Crippen molar-refractivity contribution in [2.24, 2.45) is 5.92 Å². The summed E-state index contributed by atoms with van der Waals surface area (Å²) in [6.45, 7) is 4.39. The Morgan fingerprint density at radius 2 is 1.95 bits per heavy atom. The van der Waals surface area contributed by atoms with Crippen LogP contribution in [0.15, 0.2) is 30.3 Å². The van der Waals surface area contributed by atoms with E-state index in [2.05, 4.69) is 23.8 Å². The number of nitrogens with zero attached hydrogens (tertiary/aromatic N) is 1. The molecule has 1 heterocycles. The molecule has 1 aromatic heterocycles. The van der Waals surface area contributed by atoms with Gasteiger partial charge in [0.2, 0.25) is 0 Å². The van der Waals surface area contributed by atoms with Crippen molar-refractivity contribution < 1.29 is 4.74 Å². The maximum atomic E-state index is 5.24. The normalized spacial score (nSPS) is 10.8. The fourth-order valence-corrected chi connectivity index (χ4v) is 2.39. The molecule has 0 amide bonds. The van der Waals surface area contributed by atoms with E-state index in [4.69, 9.17) is 17.0 Å². The van der Waals surface area contributed by atoms with Gasteiger partial charge in [-0.2, -0.15) is 0 Å². The molecule has 1 aromatic carbocycles. The molecule has 3 nitrogen and oxygen atoms in total. The van der Waals surface area contributed by atoms with Gasteiger partial charge in [0.25, 0.3) is 0 Å². The van der Waals surface area contributed by atoms with Crippen molar-refractivity contribution in [2.45, 2.75) is 26.7 Å². The molecule has 0 spiro atoms. The third kappa shape index (κ3) is 4.17. The van der Waals surface area contributed by atoms with Gasteiger partial charge < -0.3 is 9.72 Å². The van der Waals surface area contributed by atoms with E-state index in [9.17, 15) is 0 Å². The number of nitrogens with one attached hydrogen (secondary N) is 1. The van der Waals surface area contributed by atoms with Crippen LogP contribution >= 0.6 is 12.2 Å². The summed E-state index contributed by atoms with van der Waals surface area (Å²) in [6, 6.07) is 9.97. The summed E-state index contributed by atoms with van der Waals surface area (Å²) in [4.78, 5) is 7.79. The predicted molar refractivity (Wildman–Crippen MR) is 83.8 cm³/mol. The van der Waals surface area contributed by atoms with Gasteiger partial charge in [0.15, 0.2) is 0 Å². The number of H-pyrrole nitrogens is 1. The molecule has 4 heteroatoms. The lowest BCUT2D eigenvalue weighted by molar-refractivity contribution is 0.414. The monoisotopic (exact) mass is 288 g/mol. The lowest BCUT2D eigenvalue weighted by Gasteiger charge is -2.08. The van der Waals surface area contributed by atoms with E-state index in [-0.39, 0.29) is 0 Å².